The van der Waals surface area contributed by atoms with Crippen molar-refractivity contribution in [3.05, 3.63) is 60.2 Å². The Labute approximate surface area is 172 Å². The van der Waals surface area contributed by atoms with Gasteiger partial charge in [-0.05, 0) is 32.4 Å². The fraction of sp³-hybridized carbons (Fsp3) is 0.364. The maximum Gasteiger partial charge on any atom is 0.264 e. The smallest absolute Gasteiger partial charge is 0.264 e. The van der Waals surface area contributed by atoms with Gasteiger partial charge in [0, 0.05) is 25.1 Å². The molecule has 0 atom stereocenters. The largest absolute Gasteiger partial charge is 0.286 e. The summed E-state index contributed by atoms with van der Waals surface area (Å²) < 4.78 is 33.2. The van der Waals surface area contributed by atoms with E-state index in [1.54, 1.807) is 0 Å². The zero-order chi connectivity index (χ0) is 21.1. The van der Waals surface area contributed by atoms with Gasteiger partial charge in [0.05, 0.1) is 16.9 Å². The van der Waals surface area contributed by atoms with Gasteiger partial charge in [-0.1, -0.05) is 36.4 Å². The van der Waals surface area contributed by atoms with E-state index in [-0.39, 0.29) is 11.2 Å². The van der Waals surface area contributed by atoms with Crippen LogP contribution in [0.15, 0.2) is 59.7 Å². The molecular formula is C22H28N3O3S+. The van der Waals surface area contributed by atoms with Crippen molar-refractivity contribution in [3.8, 4) is 0 Å². The molecule has 0 amide bonds. The van der Waals surface area contributed by atoms with Gasteiger partial charge >= 0.3 is 0 Å². The Bertz CT molecular complexity index is 1030. The zero-order valence-corrected chi connectivity index (χ0v) is 17.9. The van der Waals surface area contributed by atoms with Crippen LogP contribution < -0.4 is 5.01 Å². The van der Waals surface area contributed by atoms with E-state index in [0.717, 1.165) is 17.1 Å². The topological polar surface area (TPSA) is 73.0 Å². The lowest BCUT2D eigenvalue weighted by Gasteiger charge is -2.16. The molecule has 0 fully saturated rings. The zero-order valence-electron chi connectivity index (χ0n) is 17.1. The van der Waals surface area contributed by atoms with Crippen molar-refractivity contribution in [2.45, 2.75) is 32.1 Å². The normalized spacial score (nSPS) is 15.7. The lowest BCUT2D eigenvalue weighted by atomic mass is 9.82. The molecule has 29 heavy (non-hydrogen) atoms. The van der Waals surface area contributed by atoms with Crippen molar-refractivity contribution in [1.29, 1.82) is 0 Å². The minimum absolute atomic E-state index is 0.216. The summed E-state index contributed by atoms with van der Waals surface area (Å²) >= 11 is 0. The first-order valence-corrected chi connectivity index (χ1v) is 11.3. The second-order valence-corrected chi connectivity index (χ2v) is 9.35. The Morgan fingerprint density at radius 2 is 1.72 bits per heavy atom. The molecule has 0 radical (unpaired) electrons. The van der Waals surface area contributed by atoms with Gasteiger partial charge < -0.3 is 0 Å². The highest BCUT2D eigenvalue weighted by molar-refractivity contribution is 7.85. The summed E-state index contributed by atoms with van der Waals surface area (Å²) in [5, 5.41) is 6.50. The standard InChI is InChI=1S/C22H27N3O3S/c1-22(2)19-13-7-8-14-20(19)25(15-9-10-16-29(26,27)28)21(22)17-23-24(3)18-11-5-4-6-12-18/h4-8,11-14,17H,9-10,15-16H2,1-3H3/p+1. The number of nitrogens with zero attached hydrogens (tertiary/aromatic N) is 3. The van der Waals surface area contributed by atoms with E-state index in [1.807, 2.05) is 60.7 Å². The summed E-state index contributed by atoms with van der Waals surface area (Å²) in [4.78, 5) is 0. The first-order valence-electron chi connectivity index (χ1n) is 9.72. The number of benzene rings is 2. The number of fused-ring (bicyclic) bond motifs is 1. The summed E-state index contributed by atoms with van der Waals surface area (Å²) in [6.07, 6.45) is 2.96. The molecule has 1 aliphatic rings. The quantitative estimate of drug-likeness (QED) is 0.234. The van der Waals surface area contributed by atoms with Gasteiger partial charge in [0.2, 0.25) is 11.4 Å². The number of unbranched alkanes of at least 4 members (excludes halogenated alkanes) is 1. The molecule has 2 aromatic carbocycles. The molecular weight excluding hydrogens is 386 g/mol. The summed E-state index contributed by atoms with van der Waals surface area (Å²) in [6.45, 7) is 5.01. The third-order valence-corrected chi connectivity index (χ3v) is 6.12. The SMILES string of the molecule is CN(N=CC1=[N+](CCCCS(=O)(=O)O)c2ccccc2C1(C)C)c1ccccc1. The van der Waals surface area contributed by atoms with Crippen LogP contribution in [-0.2, 0) is 15.5 Å². The van der Waals surface area contributed by atoms with E-state index in [1.165, 1.54) is 5.56 Å². The molecule has 0 unspecified atom stereocenters. The maximum absolute atomic E-state index is 11.0. The molecule has 0 bridgehead atoms. The fourth-order valence-electron chi connectivity index (χ4n) is 3.72. The lowest BCUT2D eigenvalue weighted by molar-refractivity contribution is -0.437. The van der Waals surface area contributed by atoms with Crippen LogP contribution in [-0.4, -0.2) is 48.8 Å². The van der Waals surface area contributed by atoms with Crippen molar-refractivity contribution >= 4 is 33.4 Å². The predicted octanol–water partition coefficient (Wildman–Crippen LogP) is 3.85. The van der Waals surface area contributed by atoms with Crippen LogP contribution in [0, 0.1) is 0 Å². The van der Waals surface area contributed by atoms with Crippen LogP contribution in [0.5, 0.6) is 0 Å². The van der Waals surface area contributed by atoms with E-state index >= 15 is 0 Å². The molecule has 1 heterocycles. The Morgan fingerprint density at radius 1 is 1.07 bits per heavy atom. The molecule has 0 aliphatic carbocycles. The predicted molar refractivity (Wildman–Crippen MR) is 118 cm³/mol. The third-order valence-electron chi connectivity index (χ3n) is 5.32. The monoisotopic (exact) mass is 414 g/mol. The molecule has 2 aromatic rings. The van der Waals surface area contributed by atoms with Crippen molar-refractivity contribution in [2.75, 3.05) is 24.4 Å². The highest BCUT2D eigenvalue weighted by Crippen LogP contribution is 2.39. The number of para-hydroxylation sites is 2. The van der Waals surface area contributed by atoms with Gasteiger partial charge in [-0.2, -0.15) is 18.1 Å². The molecule has 0 spiro atoms. The van der Waals surface area contributed by atoms with Crippen molar-refractivity contribution in [1.82, 2.24) is 0 Å². The fourth-order valence-corrected chi connectivity index (χ4v) is 4.29. The van der Waals surface area contributed by atoms with Crippen molar-refractivity contribution < 1.29 is 17.5 Å². The minimum Gasteiger partial charge on any atom is -0.286 e. The van der Waals surface area contributed by atoms with E-state index in [9.17, 15) is 8.42 Å². The third kappa shape index (κ3) is 4.92. The number of anilines is 1. The van der Waals surface area contributed by atoms with Crippen LogP contribution in [0.25, 0.3) is 0 Å². The van der Waals surface area contributed by atoms with Gasteiger partial charge in [-0.15, -0.1) is 0 Å². The molecule has 0 saturated carbocycles. The summed E-state index contributed by atoms with van der Waals surface area (Å²) in [5.74, 6) is -0.216. The maximum atomic E-state index is 11.0. The second kappa shape index (κ2) is 8.47. The first kappa shape index (κ1) is 21.2. The lowest BCUT2D eigenvalue weighted by Crippen LogP contribution is -2.32. The van der Waals surface area contributed by atoms with Gasteiger partial charge in [-0.25, -0.2) is 0 Å². The van der Waals surface area contributed by atoms with Crippen LogP contribution >= 0.6 is 0 Å². The van der Waals surface area contributed by atoms with Gasteiger partial charge in [0.25, 0.3) is 10.1 Å². The first-order chi connectivity index (χ1) is 13.7. The van der Waals surface area contributed by atoms with Gasteiger partial charge in [-0.3, -0.25) is 9.56 Å². The molecule has 7 heteroatoms. The molecule has 1 aliphatic heterocycles. The minimum atomic E-state index is -3.93. The molecule has 154 valence electrons. The Morgan fingerprint density at radius 3 is 2.41 bits per heavy atom. The summed E-state index contributed by atoms with van der Waals surface area (Å²) in [7, 11) is -2.01. The number of hydrogen-bond donors (Lipinski definition) is 1. The highest BCUT2D eigenvalue weighted by atomic mass is 32.2. The van der Waals surface area contributed by atoms with Crippen LogP contribution in [0.3, 0.4) is 0 Å². The van der Waals surface area contributed by atoms with Crippen LogP contribution in [0.2, 0.25) is 0 Å². The van der Waals surface area contributed by atoms with E-state index < -0.39 is 10.1 Å². The van der Waals surface area contributed by atoms with Crippen molar-refractivity contribution in [3.63, 3.8) is 0 Å². The van der Waals surface area contributed by atoms with E-state index in [4.69, 9.17) is 4.55 Å². The average molecular weight is 415 g/mol. The Balaban J connectivity index is 1.89. The van der Waals surface area contributed by atoms with Gasteiger partial charge in [0.1, 0.15) is 12.8 Å². The van der Waals surface area contributed by atoms with E-state index in [2.05, 4.69) is 35.7 Å². The Kier molecular flexibility index (Phi) is 6.19. The number of rotatable bonds is 8. The molecule has 3 rings (SSSR count). The molecule has 6 nitrogen and oxygen atoms in total. The van der Waals surface area contributed by atoms with Crippen LogP contribution in [0.4, 0.5) is 11.4 Å². The van der Waals surface area contributed by atoms with E-state index in [0.29, 0.717) is 19.4 Å². The number of hydrogen-bond acceptors (Lipinski definition) is 4. The molecule has 0 aromatic heterocycles. The highest BCUT2D eigenvalue weighted by Gasteiger charge is 2.44. The van der Waals surface area contributed by atoms with Crippen LogP contribution in [0.1, 0.15) is 32.3 Å². The van der Waals surface area contributed by atoms with Gasteiger partial charge in [0.15, 0.2) is 0 Å². The second-order valence-electron chi connectivity index (χ2n) is 7.78. The van der Waals surface area contributed by atoms with Crippen molar-refractivity contribution in [2.24, 2.45) is 5.10 Å². The summed E-state index contributed by atoms with van der Waals surface area (Å²) in [5.41, 5.74) is 4.18. The molecule has 1 N–H and O–H groups in total. The Hall–Kier alpha value is -2.51. The number of hydrazone groups is 1. The summed E-state index contributed by atoms with van der Waals surface area (Å²) in [6, 6.07) is 18.2. The molecule has 0 saturated heterocycles. The average Bonchev–Trinajstić information content (AvgIpc) is 2.90.